The van der Waals surface area contributed by atoms with Crippen LogP contribution in [0, 0.1) is 11.3 Å². The fraction of sp³-hybridized carbons (Fsp3) is 0.933. The predicted molar refractivity (Wildman–Crippen MR) is 75.7 cm³/mol. The van der Waals surface area contributed by atoms with Gasteiger partial charge in [0.2, 0.25) is 5.91 Å². The standard InChI is InChI=1S/C15H28N2O2/c1-12(2)5-8-17(13-3-4-13)14(18)15(11-16)6-9-19-10-7-15/h12-13H,3-11,16H2,1-2H3. The summed E-state index contributed by atoms with van der Waals surface area (Å²) in [5.74, 6) is 0.930. The Balaban J connectivity index is 2.04. The summed E-state index contributed by atoms with van der Waals surface area (Å²) in [5, 5.41) is 0. The molecule has 1 aliphatic heterocycles. The van der Waals surface area contributed by atoms with E-state index in [0.717, 1.165) is 25.8 Å². The lowest BCUT2D eigenvalue weighted by molar-refractivity contribution is -0.148. The first-order valence-corrected chi connectivity index (χ1v) is 7.68. The molecule has 0 bridgehead atoms. The molecule has 1 saturated heterocycles. The summed E-state index contributed by atoms with van der Waals surface area (Å²) in [7, 11) is 0. The van der Waals surface area contributed by atoms with Gasteiger partial charge >= 0.3 is 0 Å². The van der Waals surface area contributed by atoms with Crippen LogP contribution < -0.4 is 5.73 Å². The number of nitrogens with zero attached hydrogens (tertiary/aromatic N) is 1. The van der Waals surface area contributed by atoms with Gasteiger partial charge in [0.05, 0.1) is 5.41 Å². The molecule has 110 valence electrons. The molecule has 1 heterocycles. The van der Waals surface area contributed by atoms with E-state index in [0.29, 0.717) is 37.6 Å². The van der Waals surface area contributed by atoms with Crippen molar-refractivity contribution in [3.05, 3.63) is 0 Å². The molecule has 1 saturated carbocycles. The normalized spacial score (nSPS) is 22.5. The maximum absolute atomic E-state index is 12.9. The number of rotatable bonds is 6. The van der Waals surface area contributed by atoms with E-state index in [2.05, 4.69) is 18.7 Å². The molecule has 2 rings (SSSR count). The van der Waals surface area contributed by atoms with Crippen molar-refractivity contribution in [1.82, 2.24) is 4.90 Å². The van der Waals surface area contributed by atoms with E-state index in [1.54, 1.807) is 0 Å². The zero-order valence-electron chi connectivity index (χ0n) is 12.4. The minimum Gasteiger partial charge on any atom is -0.381 e. The van der Waals surface area contributed by atoms with Gasteiger partial charge in [-0.2, -0.15) is 0 Å². The molecule has 1 aliphatic carbocycles. The smallest absolute Gasteiger partial charge is 0.230 e. The minimum absolute atomic E-state index is 0.293. The van der Waals surface area contributed by atoms with Gasteiger partial charge in [-0.15, -0.1) is 0 Å². The third kappa shape index (κ3) is 3.48. The number of amides is 1. The highest BCUT2D eigenvalue weighted by molar-refractivity contribution is 5.83. The summed E-state index contributed by atoms with van der Waals surface area (Å²) in [5.41, 5.74) is 5.60. The van der Waals surface area contributed by atoms with Gasteiger partial charge in [-0.25, -0.2) is 0 Å². The van der Waals surface area contributed by atoms with Gasteiger partial charge in [0.15, 0.2) is 0 Å². The molecule has 0 aromatic heterocycles. The van der Waals surface area contributed by atoms with Crippen molar-refractivity contribution < 1.29 is 9.53 Å². The minimum atomic E-state index is -0.349. The monoisotopic (exact) mass is 268 g/mol. The van der Waals surface area contributed by atoms with Crippen LogP contribution >= 0.6 is 0 Å². The highest BCUT2D eigenvalue weighted by Crippen LogP contribution is 2.36. The zero-order chi connectivity index (χ0) is 13.9. The van der Waals surface area contributed by atoms with Crippen LogP contribution in [0.2, 0.25) is 0 Å². The molecule has 0 spiro atoms. The van der Waals surface area contributed by atoms with Crippen molar-refractivity contribution in [3.8, 4) is 0 Å². The number of nitrogens with two attached hydrogens (primary N) is 1. The fourth-order valence-corrected chi connectivity index (χ4v) is 2.81. The van der Waals surface area contributed by atoms with Crippen molar-refractivity contribution in [2.24, 2.45) is 17.1 Å². The summed E-state index contributed by atoms with van der Waals surface area (Å²) in [6.07, 6.45) is 4.99. The van der Waals surface area contributed by atoms with Gasteiger partial charge in [0.25, 0.3) is 0 Å². The summed E-state index contributed by atoms with van der Waals surface area (Å²) in [6.45, 7) is 7.12. The fourth-order valence-electron chi connectivity index (χ4n) is 2.81. The molecular weight excluding hydrogens is 240 g/mol. The number of hydrogen-bond donors (Lipinski definition) is 1. The van der Waals surface area contributed by atoms with Crippen LogP contribution in [0.4, 0.5) is 0 Å². The SMILES string of the molecule is CC(C)CCN(C(=O)C1(CN)CCOCC1)C1CC1. The Kier molecular flexibility index (Phi) is 4.85. The Hall–Kier alpha value is -0.610. The van der Waals surface area contributed by atoms with E-state index in [4.69, 9.17) is 10.5 Å². The van der Waals surface area contributed by atoms with Crippen molar-refractivity contribution >= 4 is 5.91 Å². The van der Waals surface area contributed by atoms with Crippen LogP contribution in [0.15, 0.2) is 0 Å². The maximum Gasteiger partial charge on any atom is 0.230 e. The second-order valence-corrected chi connectivity index (χ2v) is 6.51. The van der Waals surface area contributed by atoms with Crippen molar-refractivity contribution in [2.45, 2.75) is 52.0 Å². The Labute approximate surface area is 116 Å². The van der Waals surface area contributed by atoms with Gasteiger partial charge < -0.3 is 15.4 Å². The van der Waals surface area contributed by atoms with E-state index in [1.165, 1.54) is 12.8 Å². The molecule has 1 amide bonds. The molecule has 0 atom stereocenters. The van der Waals surface area contributed by atoms with Crippen molar-refractivity contribution in [1.29, 1.82) is 0 Å². The van der Waals surface area contributed by atoms with Crippen molar-refractivity contribution in [3.63, 3.8) is 0 Å². The molecular formula is C15H28N2O2. The molecule has 0 aromatic rings. The van der Waals surface area contributed by atoms with Gasteiger partial charge in [-0.1, -0.05) is 13.8 Å². The van der Waals surface area contributed by atoms with Gasteiger partial charge in [0.1, 0.15) is 0 Å². The van der Waals surface area contributed by atoms with Crippen LogP contribution in [-0.2, 0) is 9.53 Å². The molecule has 0 unspecified atom stereocenters. The summed E-state index contributed by atoms with van der Waals surface area (Å²) >= 11 is 0. The third-order valence-corrected chi connectivity index (χ3v) is 4.49. The van der Waals surface area contributed by atoms with Crippen molar-refractivity contribution in [2.75, 3.05) is 26.3 Å². The lowest BCUT2D eigenvalue weighted by Crippen LogP contribution is -2.51. The second-order valence-electron chi connectivity index (χ2n) is 6.51. The van der Waals surface area contributed by atoms with Crippen LogP contribution in [0.5, 0.6) is 0 Å². The molecule has 0 radical (unpaired) electrons. The quantitative estimate of drug-likeness (QED) is 0.799. The first-order valence-electron chi connectivity index (χ1n) is 7.68. The second kappa shape index (κ2) is 6.23. The third-order valence-electron chi connectivity index (χ3n) is 4.49. The topological polar surface area (TPSA) is 55.6 Å². The number of ether oxygens (including phenoxy) is 1. The van der Waals surface area contributed by atoms with Gasteiger partial charge in [-0.3, -0.25) is 4.79 Å². The van der Waals surface area contributed by atoms with E-state index in [1.807, 2.05) is 0 Å². The first kappa shape index (κ1) is 14.8. The van der Waals surface area contributed by atoms with E-state index < -0.39 is 0 Å². The predicted octanol–water partition coefficient (Wildman–Crippen LogP) is 1.78. The lowest BCUT2D eigenvalue weighted by Gasteiger charge is -2.39. The largest absolute Gasteiger partial charge is 0.381 e. The first-order chi connectivity index (χ1) is 9.09. The van der Waals surface area contributed by atoms with Crippen LogP contribution in [0.25, 0.3) is 0 Å². The zero-order valence-corrected chi connectivity index (χ0v) is 12.4. The molecule has 0 aromatic carbocycles. The molecule has 19 heavy (non-hydrogen) atoms. The molecule has 2 fully saturated rings. The average molecular weight is 268 g/mol. The summed E-state index contributed by atoms with van der Waals surface area (Å²) in [6, 6.07) is 0.484. The highest BCUT2D eigenvalue weighted by atomic mass is 16.5. The molecule has 2 N–H and O–H groups in total. The Bertz CT molecular complexity index is 307. The summed E-state index contributed by atoms with van der Waals surface area (Å²) < 4.78 is 5.40. The Morgan fingerprint density at radius 2 is 2.00 bits per heavy atom. The number of hydrogen-bond acceptors (Lipinski definition) is 3. The molecule has 4 heteroatoms. The van der Waals surface area contributed by atoms with E-state index >= 15 is 0 Å². The molecule has 2 aliphatic rings. The van der Waals surface area contributed by atoms with E-state index in [9.17, 15) is 4.79 Å². The Morgan fingerprint density at radius 1 is 1.37 bits per heavy atom. The van der Waals surface area contributed by atoms with Crippen LogP contribution in [0.1, 0.15) is 46.0 Å². The molecule has 4 nitrogen and oxygen atoms in total. The van der Waals surface area contributed by atoms with Gasteiger partial charge in [-0.05, 0) is 38.0 Å². The van der Waals surface area contributed by atoms with Crippen LogP contribution in [-0.4, -0.2) is 43.2 Å². The maximum atomic E-state index is 12.9. The van der Waals surface area contributed by atoms with Crippen LogP contribution in [0.3, 0.4) is 0 Å². The number of carbonyl (C=O) groups excluding carboxylic acids is 1. The van der Waals surface area contributed by atoms with Gasteiger partial charge in [0, 0.05) is 32.3 Å². The lowest BCUT2D eigenvalue weighted by atomic mass is 9.78. The van der Waals surface area contributed by atoms with E-state index in [-0.39, 0.29) is 5.41 Å². The number of carbonyl (C=O) groups is 1. The summed E-state index contributed by atoms with van der Waals surface area (Å²) in [4.78, 5) is 15.1. The average Bonchev–Trinajstić information content (AvgIpc) is 3.24. The highest BCUT2D eigenvalue weighted by Gasteiger charge is 2.45. The Morgan fingerprint density at radius 3 is 2.47 bits per heavy atom.